The maximum atomic E-state index is 12.2. The summed E-state index contributed by atoms with van der Waals surface area (Å²) in [5, 5.41) is 9.06. The van der Waals surface area contributed by atoms with Crippen molar-refractivity contribution in [1.82, 2.24) is 4.31 Å². The minimum Gasteiger partial charge on any atom is -0.396 e. The maximum absolute atomic E-state index is 12.2. The van der Waals surface area contributed by atoms with Gasteiger partial charge in [-0.05, 0) is 65.6 Å². The molecule has 2 rings (SSSR count). The molecule has 1 fully saturated rings. The molecule has 0 bridgehead atoms. The van der Waals surface area contributed by atoms with Crippen molar-refractivity contribution in [1.29, 1.82) is 0 Å². The molecule has 0 amide bonds. The fourth-order valence-corrected chi connectivity index (χ4v) is 3.68. The van der Waals surface area contributed by atoms with Crippen LogP contribution < -0.4 is 4.72 Å². The van der Waals surface area contributed by atoms with E-state index in [9.17, 15) is 8.42 Å². The molecule has 2 N–H and O–H groups in total. The summed E-state index contributed by atoms with van der Waals surface area (Å²) >= 11 is 2.17. The second-order valence-corrected chi connectivity index (χ2v) is 7.56. The van der Waals surface area contributed by atoms with E-state index in [1.54, 1.807) is 12.1 Å². The van der Waals surface area contributed by atoms with Crippen molar-refractivity contribution < 1.29 is 13.5 Å². The number of hydrogen-bond acceptors (Lipinski definition) is 3. The second kappa shape index (κ2) is 6.38. The van der Waals surface area contributed by atoms with Gasteiger partial charge in [-0.1, -0.05) is 0 Å². The van der Waals surface area contributed by atoms with Crippen molar-refractivity contribution in [2.75, 3.05) is 24.4 Å². The normalized spacial score (nSPS) is 18.4. The van der Waals surface area contributed by atoms with Crippen LogP contribution in [0.3, 0.4) is 0 Å². The third-order valence-corrected chi connectivity index (χ3v) is 5.52. The molecular formula is C12H17IN2O3S. The summed E-state index contributed by atoms with van der Waals surface area (Å²) < 4.78 is 29.5. The standard InChI is InChI=1S/C12H17IN2O3S/c13-11-1-3-12(4-2-11)14-19(17,18)15-7-5-10(9-16)6-8-15/h1-4,10,14,16H,5-9H2. The Morgan fingerprint density at radius 3 is 2.37 bits per heavy atom. The average molecular weight is 396 g/mol. The number of nitrogens with zero attached hydrogens (tertiary/aromatic N) is 1. The van der Waals surface area contributed by atoms with Crippen LogP contribution in [0.2, 0.25) is 0 Å². The quantitative estimate of drug-likeness (QED) is 0.761. The van der Waals surface area contributed by atoms with Crippen LogP contribution >= 0.6 is 22.6 Å². The molecule has 0 saturated carbocycles. The third-order valence-electron chi connectivity index (χ3n) is 3.26. The largest absolute Gasteiger partial charge is 0.396 e. The van der Waals surface area contributed by atoms with Gasteiger partial charge in [-0.2, -0.15) is 12.7 Å². The van der Waals surface area contributed by atoms with E-state index in [-0.39, 0.29) is 12.5 Å². The Kier molecular flexibility index (Phi) is 5.04. The van der Waals surface area contributed by atoms with Crippen molar-refractivity contribution >= 4 is 38.5 Å². The molecule has 0 atom stereocenters. The van der Waals surface area contributed by atoms with E-state index < -0.39 is 10.2 Å². The number of nitrogens with one attached hydrogen (secondary N) is 1. The van der Waals surface area contributed by atoms with E-state index in [1.165, 1.54) is 4.31 Å². The monoisotopic (exact) mass is 396 g/mol. The van der Waals surface area contributed by atoms with Gasteiger partial charge in [-0.25, -0.2) is 0 Å². The summed E-state index contributed by atoms with van der Waals surface area (Å²) in [5.41, 5.74) is 0.574. The molecular weight excluding hydrogens is 379 g/mol. The highest BCUT2D eigenvalue weighted by molar-refractivity contribution is 14.1. The number of halogens is 1. The SMILES string of the molecule is O=S(=O)(Nc1ccc(I)cc1)N1CCC(CO)CC1. The molecule has 1 aliphatic rings. The van der Waals surface area contributed by atoms with Crippen molar-refractivity contribution in [3.05, 3.63) is 27.8 Å². The molecule has 0 aliphatic carbocycles. The fourth-order valence-electron chi connectivity index (χ4n) is 2.06. The molecule has 0 aromatic heterocycles. The lowest BCUT2D eigenvalue weighted by atomic mass is 10.00. The number of anilines is 1. The zero-order valence-electron chi connectivity index (χ0n) is 10.4. The Hall–Kier alpha value is -0.380. The van der Waals surface area contributed by atoms with Gasteiger partial charge in [0.05, 0.1) is 0 Å². The molecule has 19 heavy (non-hydrogen) atoms. The van der Waals surface area contributed by atoms with Gasteiger partial charge in [0.25, 0.3) is 0 Å². The van der Waals surface area contributed by atoms with Crippen LogP contribution in [0.15, 0.2) is 24.3 Å². The van der Waals surface area contributed by atoms with Crippen LogP contribution in [-0.4, -0.2) is 37.5 Å². The topological polar surface area (TPSA) is 69.6 Å². The second-order valence-electron chi connectivity index (χ2n) is 4.64. The fraction of sp³-hybridized carbons (Fsp3) is 0.500. The molecule has 0 radical (unpaired) electrons. The van der Waals surface area contributed by atoms with Crippen molar-refractivity contribution in [3.63, 3.8) is 0 Å². The lowest BCUT2D eigenvalue weighted by molar-refractivity contribution is 0.170. The molecule has 0 unspecified atom stereocenters. The van der Waals surface area contributed by atoms with Crippen LogP contribution in [-0.2, 0) is 10.2 Å². The first kappa shape index (κ1) is 15.0. The molecule has 106 valence electrons. The van der Waals surface area contributed by atoms with Gasteiger partial charge < -0.3 is 5.11 Å². The van der Waals surface area contributed by atoms with Gasteiger partial charge >= 0.3 is 10.2 Å². The third kappa shape index (κ3) is 4.04. The van der Waals surface area contributed by atoms with Gasteiger partial charge in [-0.15, -0.1) is 0 Å². The summed E-state index contributed by atoms with van der Waals surface area (Å²) in [6.45, 7) is 1.06. The van der Waals surface area contributed by atoms with E-state index in [0.717, 1.165) is 3.57 Å². The molecule has 1 saturated heterocycles. The highest BCUT2D eigenvalue weighted by atomic mass is 127. The lowest BCUT2D eigenvalue weighted by Crippen LogP contribution is -2.42. The molecule has 7 heteroatoms. The molecule has 1 aliphatic heterocycles. The summed E-state index contributed by atoms with van der Waals surface area (Å²) in [6.07, 6.45) is 1.42. The Balaban J connectivity index is 2.01. The molecule has 5 nitrogen and oxygen atoms in total. The van der Waals surface area contributed by atoms with E-state index in [2.05, 4.69) is 27.3 Å². The average Bonchev–Trinajstić information content (AvgIpc) is 2.41. The zero-order chi connectivity index (χ0) is 13.9. The summed E-state index contributed by atoms with van der Waals surface area (Å²) in [6, 6.07) is 7.21. The highest BCUT2D eigenvalue weighted by Gasteiger charge is 2.27. The first-order valence-electron chi connectivity index (χ1n) is 6.15. The van der Waals surface area contributed by atoms with Gasteiger partial charge in [0.15, 0.2) is 0 Å². The van der Waals surface area contributed by atoms with Crippen molar-refractivity contribution in [2.45, 2.75) is 12.8 Å². The van der Waals surface area contributed by atoms with Gasteiger partial charge in [0, 0.05) is 29.0 Å². The van der Waals surface area contributed by atoms with E-state index >= 15 is 0 Å². The Morgan fingerprint density at radius 1 is 1.26 bits per heavy atom. The lowest BCUT2D eigenvalue weighted by Gasteiger charge is -2.30. The number of rotatable bonds is 4. The maximum Gasteiger partial charge on any atom is 0.301 e. The van der Waals surface area contributed by atoms with Gasteiger partial charge in [0.2, 0.25) is 0 Å². The first-order chi connectivity index (χ1) is 9.01. The summed E-state index contributed by atoms with van der Waals surface area (Å²) in [7, 11) is -3.48. The minimum atomic E-state index is -3.48. The number of piperidine rings is 1. The van der Waals surface area contributed by atoms with Crippen LogP contribution in [0.5, 0.6) is 0 Å². The van der Waals surface area contributed by atoms with E-state index in [1.807, 2.05) is 12.1 Å². The molecule has 1 heterocycles. The van der Waals surface area contributed by atoms with Crippen LogP contribution in [0, 0.1) is 9.49 Å². The molecule has 0 spiro atoms. The number of aliphatic hydroxyl groups is 1. The predicted octanol–water partition coefficient (Wildman–Crippen LogP) is 1.65. The van der Waals surface area contributed by atoms with Gasteiger partial charge in [0.1, 0.15) is 0 Å². The van der Waals surface area contributed by atoms with E-state index in [0.29, 0.717) is 31.6 Å². The number of hydrogen-bond donors (Lipinski definition) is 2. The molecule has 1 aromatic carbocycles. The van der Waals surface area contributed by atoms with Crippen LogP contribution in [0.1, 0.15) is 12.8 Å². The Morgan fingerprint density at radius 2 is 1.84 bits per heavy atom. The Labute approximate surface area is 127 Å². The van der Waals surface area contributed by atoms with Crippen LogP contribution in [0.25, 0.3) is 0 Å². The first-order valence-corrected chi connectivity index (χ1v) is 8.67. The number of aliphatic hydroxyl groups excluding tert-OH is 1. The smallest absolute Gasteiger partial charge is 0.301 e. The summed E-state index contributed by atoms with van der Waals surface area (Å²) in [4.78, 5) is 0. The minimum absolute atomic E-state index is 0.137. The highest BCUT2D eigenvalue weighted by Crippen LogP contribution is 2.20. The zero-order valence-corrected chi connectivity index (χ0v) is 13.4. The predicted molar refractivity (Wildman–Crippen MR) is 83.1 cm³/mol. The van der Waals surface area contributed by atoms with Crippen molar-refractivity contribution in [2.24, 2.45) is 5.92 Å². The van der Waals surface area contributed by atoms with Crippen molar-refractivity contribution in [3.8, 4) is 0 Å². The van der Waals surface area contributed by atoms with E-state index in [4.69, 9.17) is 5.11 Å². The number of benzene rings is 1. The van der Waals surface area contributed by atoms with Gasteiger partial charge in [-0.3, -0.25) is 4.72 Å². The Bertz CT molecular complexity index is 510. The van der Waals surface area contributed by atoms with Crippen LogP contribution in [0.4, 0.5) is 5.69 Å². The summed E-state index contributed by atoms with van der Waals surface area (Å²) in [5.74, 6) is 0.227. The molecule has 1 aromatic rings.